The van der Waals surface area contributed by atoms with Crippen LogP contribution in [0.5, 0.6) is 0 Å². The highest BCUT2D eigenvalue weighted by Gasteiger charge is 2.14. The first kappa shape index (κ1) is 26.5. The third-order valence-electron chi connectivity index (χ3n) is 6.50. The summed E-state index contributed by atoms with van der Waals surface area (Å²) in [6.07, 6.45) is 24.2. The molecule has 0 aliphatic heterocycles. The third-order valence-corrected chi connectivity index (χ3v) is 6.50. The Morgan fingerprint density at radius 3 is 1.30 bits per heavy atom. The van der Waals surface area contributed by atoms with E-state index in [0.717, 1.165) is 24.7 Å². The lowest BCUT2D eigenvalue weighted by molar-refractivity contribution is 0.537. The second kappa shape index (κ2) is 14.4. The van der Waals surface area contributed by atoms with E-state index < -0.39 is 0 Å². The molecular weight excluding hydrogens is 360 g/mol. The van der Waals surface area contributed by atoms with E-state index in [-0.39, 0.29) is 0 Å². The van der Waals surface area contributed by atoms with Crippen LogP contribution in [0.3, 0.4) is 0 Å². The molecule has 168 valence electrons. The Morgan fingerprint density at radius 1 is 0.667 bits per heavy atom. The zero-order valence-corrected chi connectivity index (χ0v) is 21.3. The van der Waals surface area contributed by atoms with Gasteiger partial charge in [-0.25, -0.2) is 0 Å². The maximum atomic E-state index is 2.41. The van der Waals surface area contributed by atoms with E-state index in [1.165, 1.54) is 49.7 Å². The first-order valence-electron chi connectivity index (χ1n) is 12.1. The first-order valence-corrected chi connectivity index (χ1v) is 12.1. The molecule has 0 aromatic heterocycles. The van der Waals surface area contributed by atoms with Crippen LogP contribution in [0, 0.1) is 11.8 Å². The van der Waals surface area contributed by atoms with E-state index in [0.29, 0.717) is 0 Å². The zero-order valence-electron chi connectivity index (χ0n) is 21.3. The lowest BCUT2D eigenvalue weighted by Crippen LogP contribution is -2.05. The van der Waals surface area contributed by atoms with Gasteiger partial charge in [-0.2, -0.15) is 0 Å². The van der Waals surface area contributed by atoms with Crippen LogP contribution in [0.2, 0.25) is 0 Å². The van der Waals surface area contributed by atoms with Crippen molar-refractivity contribution in [2.45, 2.75) is 107 Å². The highest BCUT2D eigenvalue weighted by molar-refractivity contribution is 5.15. The molecule has 2 aliphatic rings. The summed E-state index contributed by atoms with van der Waals surface area (Å²) in [6, 6.07) is 0. The number of hydrogen-bond acceptors (Lipinski definition) is 0. The Bertz CT molecular complexity index is 632. The molecule has 0 aromatic rings. The van der Waals surface area contributed by atoms with Gasteiger partial charge in [-0.3, -0.25) is 0 Å². The van der Waals surface area contributed by atoms with Gasteiger partial charge in [0.1, 0.15) is 0 Å². The van der Waals surface area contributed by atoms with Crippen molar-refractivity contribution in [2.24, 2.45) is 11.8 Å². The molecule has 0 fully saturated rings. The molecule has 0 saturated heterocycles. The maximum absolute atomic E-state index is 2.41. The monoisotopic (exact) mass is 408 g/mol. The summed E-state index contributed by atoms with van der Waals surface area (Å²) >= 11 is 0. The minimum Gasteiger partial charge on any atom is -0.0850 e. The molecule has 2 aliphatic carbocycles. The van der Waals surface area contributed by atoms with Gasteiger partial charge >= 0.3 is 0 Å². The predicted molar refractivity (Wildman–Crippen MR) is 138 cm³/mol. The Morgan fingerprint density at radius 2 is 1.03 bits per heavy atom. The molecule has 2 unspecified atom stereocenters. The Kier molecular flexibility index (Phi) is 12.7. The van der Waals surface area contributed by atoms with Gasteiger partial charge < -0.3 is 0 Å². The van der Waals surface area contributed by atoms with E-state index in [1.54, 1.807) is 22.3 Å². The van der Waals surface area contributed by atoms with Gasteiger partial charge in [-0.05, 0) is 119 Å². The van der Waals surface area contributed by atoms with Crippen LogP contribution in [0.15, 0.2) is 69.9 Å². The fourth-order valence-electron chi connectivity index (χ4n) is 4.05. The SMILES string of the molecule is CC(C)=CC/C=C(/C)C1CC=C(C)CC1.CC(C)=CC/C=C(/C)C1CC=C(C)CC1. The summed E-state index contributed by atoms with van der Waals surface area (Å²) in [6.45, 7) is 17.7. The van der Waals surface area contributed by atoms with Crippen molar-refractivity contribution in [3.63, 3.8) is 0 Å². The summed E-state index contributed by atoms with van der Waals surface area (Å²) in [5.41, 5.74) is 9.14. The van der Waals surface area contributed by atoms with Crippen molar-refractivity contribution < 1.29 is 0 Å². The number of allylic oxidation sites excluding steroid dienone is 12. The summed E-state index contributed by atoms with van der Waals surface area (Å²) < 4.78 is 0. The van der Waals surface area contributed by atoms with Crippen molar-refractivity contribution in [3.8, 4) is 0 Å². The van der Waals surface area contributed by atoms with E-state index in [1.807, 2.05) is 0 Å². The van der Waals surface area contributed by atoms with Gasteiger partial charge in [0.25, 0.3) is 0 Å². The second-order valence-electron chi connectivity index (χ2n) is 9.97. The molecule has 0 aromatic carbocycles. The minimum absolute atomic E-state index is 0.805. The summed E-state index contributed by atoms with van der Waals surface area (Å²) in [4.78, 5) is 0. The molecule has 0 radical (unpaired) electrons. The maximum Gasteiger partial charge on any atom is -0.0164 e. The second-order valence-corrected chi connectivity index (χ2v) is 9.97. The van der Waals surface area contributed by atoms with Crippen molar-refractivity contribution in [3.05, 3.63) is 69.9 Å². The average Bonchev–Trinajstić information content (AvgIpc) is 2.69. The van der Waals surface area contributed by atoms with E-state index >= 15 is 0 Å². The normalized spacial score (nSPS) is 22.3. The smallest absolute Gasteiger partial charge is 0.0164 e. The zero-order chi connectivity index (χ0) is 22.5. The van der Waals surface area contributed by atoms with Crippen LogP contribution in [-0.2, 0) is 0 Å². The van der Waals surface area contributed by atoms with Gasteiger partial charge in [0.15, 0.2) is 0 Å². The van der Waals surface area contributed by atoms with Crippen LogP contribution in [0.4, 0.5) is 0 Å². The van der Waals surface area contributed by atoms with Crippen LogP contribution < -0.4 is 0 Å². The van der Waals surface area contributed by atoms with Crippen LogP contribution in [0.1, 0.15) is 107 Å². The van der Waals surface area contributed by atoms with Crippen molar-refractivity contribution in [1.29, 1.82) is 0 Å². The molecule has 0 amide bonds. The highest BCUT2D eigenvalue weighted by atomic mass is 14.2. The number of hydrogen-bond donors (Lipinski definition) is 0. The number of rotatable bonds is 6. The molecule has 0 heteroatoms. The van der Waals surface area contributed by atoms with Gasteiger partial charge in [0, 0.05) is 0 Å². The van der Waals surface area contributed by atoms with E-state index in [9.17, 15) is 0 Å². The van der Waals surface area contributed by atoms with Gasteiger partial charge in [-0.15, -0.1) is 0 Å². The Balaban J connectivity index is 0.000000300. The highest BCUT2D eigenvalue weighted by Crippen LogP contribution is 2.29. The lowest BCUT2D eigenvalue weighted by atomic mass is 9.85. The Hall–Kier alpha value is -1.56. The molecule has 0 heterocycles. The summed E-state index contributed by atoms with van der Waals surface area (Å²) in [5, 5.41) is 0. The van der Waals surface area contributed by atoms with Crippen molar-refractivity contribution >= 4 is 0 Å². The Labute approximate surface area is 188 Å². The molecule has 2 rings (SSSR count). The molecule has 2 atom stereocenters. The molecule has 0 saturated carbocycles. The largest absolute Gasteiger partial charge is 0.0850 e. The molecular formula is C30H48. The standard InChI is InChI=1S/2C15H24/c2*1-12(2)6-5-7-14(4)15-10-8-13(3)9-11-15/h2*6-8,15H,5,9-11H2,1-4H3/b2*14-7-. The molecule has 0 spiro atoms. The lowest BCUT2D eigenvalue weighted by Gasteiger charge is -2.21. The molecule has 30 heavy (non-hydrogen) atoms. The summed E-state index contributed by atoms with van der Waals surface area (Å²) in [7, 11) is 0. The van der Waals surface area contributed by atoms with Crippen molar-refractivity contribution in [1.82, 2.24) is 0 Å². The molecule has 0 nitrogen and oxygen atoms in total. The summed E-state index contributed by atoms with van der Waals surface area (Å²) in [5.74, 6) is 1.61. The third kappa shape index (κ3) is 11.6. The molecule has 0 bridgehead atoms. The fraction of sp³-hybridized carbons (Fsp3) is 0.600. The fourth-order valence-corrected chi connectivity index (χ4v) is 4.05. The molecule has 0 N–H and O–H groups in total. The van der Waals surface area contributed by atoms with Crippen molar-refractivity contribution in [2.75, 3.05) is 0 Å². The van der Waals surface area contributed by atoms with Gasteiger partial charge in [0.2, 0.25) is 0 Å². The predicted octanol–water partition coefficient (Wildman–Crippen LogP) is 10.1. The first-order chi connectivity index (χ1) is 14.2. The van der Waals surface area contributed by atoms with Crippen LogP contribution >= 0.6 is 0 Å². The van der Waals surface area contributed by atoms with Gasteiger partial charge in [-0.1, -0.05) is 69.9 Å². The average molecular weight is 409 g/mol. The topological polar surface area (TPSA) is 0 Å². The van der Waals surface area contributed by atoms with Crippen LogP contribution in [0.25, 0.3) is 0 Å². The van der Waals surface area contributed by atoms with E-state index in [2.05, 4.69) is 91.8 Å². The minimum atomic E-state index is 0.805. The van der Waals surface area contributed by atoms with Crippen LogP contribution in [-0.4, -0.2) is 0 Å². The van der Waals surface area contributed by atoms with E-state index in [4.69, 9.17) is 0 Å². The quantitative estimate of drug-likeness (QED) is 0.383. The van der Waals surface area contributed by atoms with Gasteiger partial charge in [0.05, 0.1) is 0 Å².